The van der Waals surface area contributed by atoms with Crippen molar-refractivity contribution in [3.8, 4) is 0 Å². The van der Waals surface area contributed by atoms with Gasteiger partial charge in [-0.25, -0.2) is 0 Å². The summed E-state index contributed by atoms with van der Waals surface area (Å²) >= 11 is 3.34. The third kappa shape index (κ3) is 4.85. The molecule has 0 aliphatic carbocycles. The maximum absolute atomic E-state index is 11.8. The van der Waals surface area contributed by atoms with E-state index in [1.165, 1.54) is 6.08 Å². The molecule has 0 atom stereocenters. The molecule has 1 heterocycles. The summed E-state index contributed by atoms with van der Waals surface area (Å²) in [5.41, 5.74) is 1.47. The van der Waals surface area contributed by atoms with Gasteiger partial charge in [0.25, 0.3) is 0 Å². The lowest BCUT2D eigenvalue weighted by Gasteiger charge is -2.07. The smallest absolute Gasteiger partial charge is 0.244 e. The fourth-order valence-electron chi connectivity index (χ4n) is 1.68. The van der Waals surface area contributed by atoms with E-state index in [-0.39, 0.29) is 18.4 Å². The summed E-state index contributed by atoms with van der Waals surface area (Å²) in [6.07, 6.45) is 6.42. The highest BCUT2D eigenvalue weighted by atomic mass is 79.9. The molecule has 2 N–H and O–H groups in total. The maximum atomic E-state index is 11.8. The number of benzene rings is 1. The fraction of sp³-hybridized carbons (Fsp3) is 0.133. The molecule has 2 amide bonds. The van der Waals surface area contributed by atoms with Gasteiger partial charge in [-0.3, -0.25) is 14.3 Å². The van der Waals surface area contributed by atoms with Crippen molar-refractivity contribution in [1.82, 2.24) is 15.1 Å². The molecular formula is C15H15BrN4O2. The number of carbonyl (C=O) groups is 2. The van der Waals surface area contributed by atoms with E-state index in [0.29, 0.717) is 5.69 Å². The van der Waals surface area contributed by atoms with Crippen molar-refractivity contribution >= 4 is 39.5 Å². The molecule has 0 saturated heterocycles. The Labute approximate surface area is 136 Å². The SMILES string of the molecule is Cn1cc(/C=C/C(=O)NCC(=O)Nc2ccccc2Br)cn1. The van der Waals surface area contributed by atoms with Gasteiger partial charge in [-0.15, -0.1) is 0 Å². The summed E-state index contributed by atoms with van der Waals surface area (Å²) in [5, 5.41) is 9.21. The second kappa shape index (κ2) is 7.56. The van der Waals surface area contributed by atoms with Gasteiger partial charge in [-0.1, -0.05) is 12.1 Å². The second-order valence-corrected chi connectivity index (χ2v) is 5.38. The molecule has 7 heteroatoms. The number of rotatable bonds is 5. The van der Waals surface area contributed by atoms with E-state index in [4.69, 9.17) is 0 Å². The quantitative estimate of drug-likeness (QED) is 0.798. The largest absolute Gasteiger partial charge is 0.343 e. The fourth-order valence-corrected chi connectivity index (χ4v) is 2.07. The van der Waals surface area contributed by atoms with Gasteiger partial charge in [0.15, 0.2) is 0 Å². The molecule has 22 heavy (non-hydrogen) atoms. The first-order chi connectivity index (χ1) is 10.5. The Balaban J connectivity index is 1.80. The van der Waals surface area contributed by atoms with E-state index >= 15 is 0 Å². The number of carbonyl (C=O) groups excluding carboxylic acids is 2. The Bertz CT molecular complexity index is 709. The Morgan fingerprint density at radius 1 is 1.36 bits per heavy atom. The first kappa shape index (κ1) is 16.0. The number of nitrogens with one attached hydrogen (secondary N) is 2. The Morgan fingerprint density at radius 3 is 2.82 bits per heavy atom. The van der Waals surface area contributed by atoms with Gasteiger partial charge < -0.3 is 10.6 Å². The monoisotopic (exact) mass is 362 g/mol. The number of nitrogens with zero attached hydrogens (tertiary/aromatic N) is 2. The lowest BCUT2D eigenvalue weighted by molar-refractivity contribution is -0.121. The van der Waals surface area contributed by atoms with E-state index in [1.54, 1.807) is 36.3 Å². The number of amides is 2. The Morgan fingerprint density at radius 2 is 2.14 bits per heavy atom. The number of aromatic nitrogens is 2. The number of aryl methyl sites for hydroxylation is 1. The van der Waals surface area contributed by atoms with Crippen LogP contribution in [0.3, 0.4) is 0 Å². The predicted octanol–water partition coefficient (Wildman–Crippen LogP) is 1.95. The van der Waals surface area contributed by atoms with Gasteiger partial charge in [0.05, 0.1) is 18.4 Å². The number of hydrogen-bond acceptors (Lipinski definition) is 3. The van der Waals surface area contributed by atoms with Crippen molar-refractivity contribution in [2.24, 2.45) is 7.05 Å². The van der Waals surface area contributed by atoms with Crippen LogP contribution in [0.2, 0.25) is 0 Å². The van der Waals surface area contributed by atoms with Crippen LogP contribution in [0.5, 0.6) is 0 Å². The molecule has 0 unspecified atom stereocenters. The van der Waals surface area contributed by atoms with E-state index in [1.807, 2.05) is 18.2 Å². The average Bonchev–Trinajstić information content (AvgIpc) is 2.91. The molecule has 0 saturated carbocycles. The number of para-hydroxylation sites is 1. The minimum Gasteiger partial charge on any atom is -0.343 e. The van der Waals surface area contributed by atoms with Crippen LogP contribution < -0.4 is 10.6 Å². The van der Waals surface area contributed by atoms with E-state index < -0.39 is 0 Å². The molecule has 2 rings (SSSR count). The molecular weight excluding hydrogens is 348 g/mol. The first-order valence-electron chi connectivity index (χ1n) is 6.53. The van der Waals surface area contributed by atoms with Gasteiger partial charge in [-0.2, -0.15) is 5.10 Å². The van der Waals surface area contributed by atoms with Crippen LogP contribution in [0.4, 0.5) is 5.69 Å². The maximum Gasteiger partial charge on any atom is 0.244 e. The summed E-state index contributed by atoms with van der Waals surface area (Å²) in [6.45, 7) is -0.0997. The molecule has 0 aliphatic heterocycles. The van der Waals surface area contributed by atoms with Crippen molar-refractivity contribution in [1.29, 1.82) is 0 Å². The summed E-state index contributed by atoms with van der Waals surface area (Å²) in [4.78, 5) is 23.4. The molecule has 1 aromatic heterocycles. The standard InChI is InChI=1S/C15H15BrN4O2/c1-20-10-11(8-18-20)6-7-14(21)17-9-15(22)19-13-5-3-2-4-12(13)16/h2-8,10H,9H2,1H3,(H,17,21)(H,19,22)/b7-6+. The van der Waals surface area contributed by atoms with Crippen LogP contribution in [-0.4, -0.2) is 28.1 Å². The molecule has 0 fully saturated rings. The second-order valence-electron chi connectivity index (χ2n) is 4.53. The highest BCUT2D eigenvalue weighted by molar-refractivity contribution is 9.10. The van der Waals surface area contributed by atoms with Crippen LogP contribution in [-0.2, 0) is 16.6 Å². The summed E-state index contributed by atoms with van der Waals surface area (Å²) in [5.74, 6) is -0.638. The van der Waals surface area contributed by atoms with Gasteiger partial charge in [0, 0.05) is 29.4 Å². The number of anilines is 1. The number of halogens is 1. The van der Waals surface area contributed by atoms with Gasteiger partial charge in [-0.05, 0) is 34.1 Å². The zero-order valence-electron chi connectivity index (χ0n) is 11.9. The predicted molar refractivity (Wildman–Crippen MR) is 88.0 cm³/mol. The topological polar surface area (TPSA) is 76.0 Å². The van der Waals surface area contributed by atoms with Crippen LogP contribution in [0.1, 0.15) is 5.56 Å². The Kier molecular flexibility index (Phi) is 5.48. The normalized spacial score (nSPS) is 10.6. The third-order valence-electron chi connectivity index (χ3n) is 2.72. The van der Waals surface area contributed by atoms with Gasteiger partial charge >= 0.3 is 0 Å². The summed E-state index contributed by atoms with van der Waals surface area (Å²) < 4.78 is 2.43. The van der Waals surface area contributed by atoms with E-state index in [9.17, 15) is 9.59 Å². The molecule has 0 spiro atoms. The average molecular weight is 363 g/mol. The minimum atomic E-state index is -0.342. The highest BCUT2D eigenvalue weighted by Gasteiger charge is 2.06. The Hall–Kier alpha value is -2.41. The van der Waals surface area contributed by atoms with Crippen molar-refractivity contribution in [2.45, 2.75) is 0 Å². The summed E-state index contributed by atoms with van der Waals surface area (Å²) in [6, 6.07) is 7.26. The third-order valence-corrected chi connectivity index (χ3v) is 3.41. The zero-order valence-corrected chi connectivity index (χ0v) is 13.5. The van der Waals surface area contributed by atoms with Gasteiger partial charge in [0.2, 0.25) is 11.8 Å². The molecule has 1 aromatic carbocycles. The lowest BCUT2D eigenvalue weighted by atomic mass is 10.3. The summed E-state index contributed by atoms with van der Waals surface area (Å²) in [7, 11) is 1.80. The van der Waals surface area contributed by atoms with Gasteiger partial charge in [0.1, 0.15) is 0 Å². The van der Waals surface area contributed by atoms with Crippen LogP contribution in [0.25, 0.3) is 6.08 Å². The first-order valence-corrected chi connectivity index (χ1v) is 7.33. The number of hydrogen-bond donors (Lipinski definition) is 2. The molecule has 0 aliphatic rings. The van der Waals surface area contributed by atoms with Crippen LogP contribution in [0, 0.1) is 0 Å². The van der Waals surface area contributed by atoms with Crippen LogP contribution >= 0.6 is 15.9 Å². The molecule has 6 nitrogen and oxygen atoms in total. The molecule has 2 aromatic rings. The van der Waals surface area contributed by atoms with Crippen molar-refractivity contribution in [3.63, 3.8) is 0 Å². The van der Waals surface area contributed by atoms with E-state index in [0.717, 1.165) is 10.0 Å². The van der Waals surface area contributed by atoms with Crippen LogP contribution in [0.15, 0.2) is 47.2 Å². The zero-order chi connectivity index (χ0) is 15.9. The van der Waals surface area contributed by atoms with E-state index in [2.05, 4.69) is 31.7 Å². The lowest BCUT2D eigenvalue weighted by Crippen LogP contribution is -2.31. The highest BCUT2D eigenvalue weighted by Crippen LogP contribution is 2.20. The van der Waals surface area contributed by atoms with Crippen molar-refractivity contribution in [3.05, 3.63) is 52.8 Å². The molecule has 0 radical (unpaired) electrons. The molecule has 114 valence electrons. The van der Waals surface area contributed by atoms with Crippen molar-refractivity contribution < 1.29 is 9.59 Å². The minimum absolute atomic E-state index is 0.0997. The van der Waals surface area contributed by atoms with Crippen molar-refractivity contribution in [2.75, 3.05) is 11.9 Å². The molecule has 0 bridgehead atoms.